The standard InChI is InChI=1S/C17H25N5S.HI/c1-18-15(19-11-14-12-21-9-10-23-16(21)20-14)22-8-7-17(13-22)5-3-2-4-6-17;/h9-10,12H,2-8,11,13H2,1H3,(H,18,19);1H. The first kappa shape index (κ1) is 18.0. The topological polar surface area (TPSA) is 44.9 Å². The number of guanidine groups is 1. The zero-order valence-electron chi connectivity index (χ0n) is 14.2. The van der Waals surface area contributed by atoms with E-state index >= 15 is 0 Å². The average molecular weight is 459 g/mol. The van der Waals surface area contributed by atoms with E-state index in [0.717, 1.165) is 29.7 Å². The van der Waals surface area contributed by atoms with E-state index in [2.05, 4.69) is 42.4 Å². The van der Waals surface area contributed by atoms with Crippen molar-refractivity contribution >= 4 is 46.2 Å². The average Bonchev–Trinajstić information content (AvgIpc) is 3.24. The van der Waals surface area contributed by atoms with Gasteiger partial charge in [-0.15, -0.1) is 35.3 Å². The van der Waals surface area contributed by atoms with Crippen molar-refractivity contribution in [3.05, 3.63) is 23.5 Å². The Balaban J connectivity index is 0.00000169. The molecule has 1 aliphatic carbocycles. The highest BCUT2D eigenvalue weighted by Crippen LogP contribution is 2.43. The van der Waals surface area contributed by atoms with Crippen molar-refractivity contribution < 1.29 is 0 Å². The van der Waals surface area contributed by atoms with Crippen LogP contribution in [0.25, 0.3) is 4.96 Å². The number of hydrogen-bond acceptors (Lipinski definition) is 3. The number of halogens is 1. The molecule has 1 aliphatic heterocycles. The summed E-state index contributed by atoms with van der Waals surface area (Å²) in [6, 6.07) is 0. The minimum atomic E-state index is 0. The normalized spacial score (nSPS) is 20.5. The van der Waals surface area contributed by atoms with Crippen LogP contribution in [0.5, 0.6) is 0 Å². The van der Waals surface area contributed by atoms with Crippen LogP contribution in [0.3, 0.4) is 0 Å². The van der Waals surface area contributed by atoms with Crippen LogP contribution in [0.1, 0.15) is 44.2 Å². The van der Waals surface area contributed by atoms with Crippen LogP contribution in [0.4, 0.5) is 0 Å². The number of thiazole rings is 1. The van der Waals surface area contributed by atoms with Crippen LogP contribution >= 0.6 is 35.3 Å². The number of aliphatic imine (C=N–C) groups is 1. The van der Waals surface area contributed by atoms with E-state index in [1.807, 2.05) is 7.05 Å². The predicted octanol–water partition coefficient (Wildman–Crippen LogP) is 3.75. The molecule has 0 unspecified atom stereocenters. The molecule has 1 saturated heterocycles. The van der Waals surface area contributed by atoms with Crippen LogP contribution in [0.2, 0.25) is 0 Å². The Kier molecular flexibility index (Phi) is 5.69. The monoisotopic (exact) mass is 459 g/mol. The molecule has 0 aromatic carbocycles. The van der Waals surface area contributed by atoms with Crippen molar-refractivity contribution in [2.24, 2.45) is 10.4 Å². The molecular formula is C17H26IN5S. The molecule has 2 aliphatic rings. The molecule has 5 nitrogen and oxygen atoms in total. The molecule has 0 atom stereocenters. The number of nitrogens with one attached hydrogen (secondary N) is 1. The van der Waals surface area contributed by atoms with Crippen molar-refractivity contribution in [1.29, 1.82) is 0 Å². The number of aromatic nitrogens is 2. The lowest BCUT2D eigenvalue weighted by Crippen LogP contribution is -2.41. The number of rotatable bonds is 2. The first-order chi connectivity index (χ1) is 11.3. The molecule has 2 aromatic heterocycles. The van der Waals surface area contributed by atoms with Crippen molar-refractivity contribution in [1.82, 2.24) is 19.6 Å². The molecule has 24 heavy (non-hydrogen) atoms. The van der Waals surface area contributed by atoms with Gasteiger partial charge in [0.1, 0.15) is 0 Å². The van der Waals surface area contributed by atoms with Crippen LogP contribution in [-0.2, 0) is 6.54 Å². The van der Waals surface area contributed by atoms with Gasteiger partial charge in [-0.05, 0) is 24.7 Å². The second kappa shape index (κ2) is 7.59. The van der Waals surface area contributed by atoms with Crippen molar-refractivity contribution in [3.8, 4) is 0 Å². The van der Waals surface area contributed by atoms with Gasteiger partial charge < -0.3 is 10.2 Å². The Morgan fingerprint density at radius 3 is 2.92 bits per heavy atom. The van der Waals surface area contributed by atoms with E-state index in [9.17, 15) is 0 Å². The molecular weight excluding hydrogens is 433 g/mol. The molecule has 2 aromatic rings. The fourth-order valence-electron chi connectivity index (χ4n) is 4.19. The van der Waals surface area contributed by atoms with Gasteiger partial charge in [-0.2, -0.15) is 0 Å². The molecule has 1 N–H and O–H groups in total. The largest absolute Gasteiger partial charge is 0.351 e. The molecule has 3 heterocycles. The van der Waals surface area contributed by atoms with E-state index in [4.69, 9.17) is 0 Å². The summed E-state index contributed by atoms with van der Waals surface area (Å²) >= 11 is 1.67. The minimum absolute atomic E-state index is 0. The predicted molar refractivity (Wildman–Crippen MR) is 110 cm³/mol. The summed E-state index contributed by atoms with van der Waals surface area (Å²) in [5, 5.41) is 5.57. The zero-order valence-corrected chi connectivity index (χ0v) is 17.3. The molecule has 0 radical (unpaired) electrons. The summed E-state index contributed by atoms with van der Waals surface area (Å²) in [5.74, 6) is 1.03. The van der Waals surface area contributed by atoms with E-state index in [-0.39, 0.29) is 24.0 Å². The lowest BCUT2D eigenvalue weighted by molar-refractivity contribution is 0.203. The number of nitrogens with zero attached hydrogens (tertiary/aromatic N) is 4. The molecule has 1 spiro atoms. The number of likely N-dealkylation sites (tertiary alicyclic amines) is 1. The fraction of sp³-hybridized carbons (Fsp3) is 0.647. The summed E-state index contributed by atoms with van der Waals surface area (Å²) in [4.78, 5) is 12.6. The van der Waals surface area contributed by atoms with Gasteiger partial charge in [-0.1, -0.05) is 19.3 Å². The molecule has 1 saturated carbocycles. The third kappa shape index (κ3) is 3.56. The fourth-order valence-corrected chi connectivity index (χ4v) is 4.91. The van der Waals surface area contributed by atoms with Gasteiger partial charge in [0.15, 0.2) is 10.9 Å². The van der Waals surface area contributed by atoms with Gasteiger partial charge in [-0.3, -0.25) is 9.39 Å². The SMILES string of the molecule is CN=C(NCc1cn2ccsc2n1)N1CCC2(CCCCC2)C1.I. The van der Waals surface area contributed by atoms with Gasteiger partial charge in [0.05, 0.1) is 12.2 Å². The highest BCUT2D eigenvalue weighted by molar-refractivity contribution is 14.0. The Labute approximate surface area is 164 Å². The molecule has 0 bridgehead atoms. The third-order valence-electron chi connectivity index (χ3n) is 5.43. The maximum Gasteiger partial charge on any atom is 0.193 e. The van der Waals surface area contributed by atoms with Crippen molar-refractivity contribution in [2.45, 2.75) is 45.1 Å². The van der Waals surface area contributed by atoms with Gasteiger partial charge in [0.25, 0.3) is 0 Å². The smallest absolute Gasteiger partial charge is 0.193 e. The van der Waals surface area contributed by atoms with Crippen LogP contribution < -0.4 is 5.32 Å². The first-order valence-electron chi connectivity index (χ1n) is 8.65. The second-order valence-corrected chi connectivity index (χ2v) is 7.83. The van der Waals surface area contributed by atoms with Gasteiger partial charge in [-0.25, -0.2) is 4.98 Å². The quantitative estimate of drug-likeness (QED) is 0.423. The van der Waals surface area contributed by atoms with Crippen LogP contribution in [-0.4, -0.2) is 40.4 Å². The summed E-state index contributed by atoms with van der Waals surface area (Å²) in [6.45, 7) is 3.05. The van der Waals surface area contributed by atoms with Crippen molar-refractivity contribution in [2.75, 3.05) is 20.1 Å². The second-order valence-electron chi connectivity index (χ2n) is 6.96. The molecule has 2 fully saturated rings. The first-order valence-corrected chi connectivity index (χ1v) is 9.53. The Bertz CT molecular complexity index is 672. The summed E-state index contributed by atoms with van der Waals surface area (Å²) in [5.41, 5.74) is 1.64. The van der Waals surface area contributed by atoms with Gasteiger partial charge >= 0.3 is 0 Å². The maximum atomic E-state index is 4.63. The number of fused-ring (bicyclic) bond motifs is 1. The Hall–Kier alpha value is -0.830. The van der Waals surface area contributed by atoms with E-state index < -0.39 is 0 Å². The summed E-state index contributed by atoms with van der Waals surface area (Å²) in [7, 11) is 1.89. The van der Waals surface area contributed by atoms with Crippen LogP contribution in [0, 0.1) is 5.41 Å². The third-order valence-corrected chi connectivity index (χ3v) is 6.21. The summed E-state index contributed by atoms with van der Waals surface area (Å²) in [6.07, 6.45) is 12.5. The van der Waals surface area contributed by atoms with Gasteiger partial charge in [0.2, 0.25) is 0 Å². The maximum absolute atomic E-state index is 4.63. The minimum Gasteiger partial charge on any atom is -0.351 e. The molecule has 132 valence electrons. The van der Waals surface area contributed by atoms with E-state index in [1.54, 1.807) is 11.3 Å². The highest BCUT2D eigenvalue weighted by atomic mass is 127. The number of imidazole rings is 1. The lowest BCUT2D eigenvalue weighted by atomic mass is 9.73. The van der Waals surface area contributed by atoms with E-state index in [1.165, 1.54) is 45.1 Å². The zero-order chi connectivity index (χ0) is 15.7. The van der Waals surface area contributed by atoms with E-state index in [0.29, 0.717) is 5.41 Å². The van der Waals surface area contributed by atoms with Crippen LogP contribution in [0.15, 0.2) is 22.8 Å². The Morgan fingerprint density at radius 2 is 2.17 bits per heavy atom. The molecule has 7 heteroatoms. The molecule has 4 rings (SSSR count). The molecule has 0 amide bonds. The Morgan fingerprint density at radius 1 is 1.33 bits per heavy atom. The lowest BCUT2D eigenvalue weighted by Gasteiger charge is -2.33. The highest BCUT2D eigenvalue weighted by Gasteiger charge is 2.39. The van der Waals surface area contributed by atoms with Gasteiger partial charge in [0, 0.05) is 37.9 Å². The summed E-state index contributed by atoms with van der Waals surface area (Å²) < 4.78 is 2.08. The number of hydrogen-bond donors (Lipinski definition) is 1. The van der Waals surface area contributed by atoms with Crippen molar-refractivity contribution in [3.63, 3.8) is 0 Å².